The van der Waals surface area contributed by atoms with Crippen molar-refractivity contribution in [2.24, 2.45) is 0 Å². The first-order valence-electron chi connectivity index (χ1n) is 9.46. The molecule has 5 heteroatoms. The normalized spacial score (nSPS) is 16.0. The van der Waals surface area contributed by atoms with Crippen LogP contribution in [0.4, 0.5) is 0 Å². The van der Waals surface area contributed by atoms with E-state index in [1.807, 2.05) is 36.1 Å². The number of aryl methyl sites for hydroxylation is 1. The molecule has 0 bridgehead atoms. The Kier molecular flexibility index (Phi) is 5.51. The van der Waals surface area contributed by atoms with Crippen LogP contribution in [-0.4, -0.2) is 34.7 Å². The second-order valence-electron chi connectivity index (χ2n) is 7.24. The summed E-state index contributed by atoms with van der Waals surface area (Å²) in [6, 6.07) is 14.4. The van der Waals surface area contributed by atoms with Gasteiger partial charge in [-0.1, -0.05) is 41.4 Å². The van der Waals surface area contributed by atoms with Gasteiger partial charge in [0.15, 0.2) is 0 Å². The molecule has 1 aromatic heterocycles. The Bertz CT molecular complexity index is 991. The lowest BCUT2D eigenvalue weighted by atomic mass is 10.1. The van der Waals surface area contributed by atoms with Crippen molar-refractivity contribution in [1.29, 1.82) is 0 Å². The third-order valence-electron chi connectivity index (χ3n) is 5.06. The Hall–Kier alpha value is -2.56. The fourth-order valence-corrected chi connectivity index (χ4v) is 3.76. The van der Waals surface area contributed by atoms with Crippen molar-refractivity contribution in [3.63, 3.8) is 0 Å². The number of aromatic nitrogens is 2. The van der Waals surface area contributed by atoms with Gasteiger partial charge in [-0.25, -0.2) is 4.98 Å². The van der Waals surface area contributed by atoms with E-state index in [9.17, 15) is 0 Å². The summed E-state index contributed by atoms with van der Waals surface area (Å²) in [5.41, 5.74) is 5.90. The summed E-state index contributed by atoms with van der Waals surface area (Å²) in [6.45, 7) is 5.01. The van der Waals surface area contributed by atoms with Gasteiger partial charge < -0.3 is 9.30 Å². The predicted molar refractivity (Wildman–Crippen MR) is 114 cm³/mol. The van der Waals surface area contributed by atoms with Gasteiger partial charge in [0.2, 0.25) is 0 Å². The molecule has 3 aromatic rings. The number of rotatable bonds is 5. The lowest BCUT2D eigenvalue weighted by Crippen LogP contribution is -2.18. The quantitative estimate of drug-likeness (QED) is 0.601. The summed E-state index contributed by atoms with van der Waals surface area (Å²) < 4.78 is 7.62. The maximum absolute atomic E-state index is 5.98. The summed E-state index contributed by atoms with van der Waals surface area (Å²) >= 11 is 5.98. The predicted octanol–water partition coefficient (Wildman–Crippen LogP) is 5.13. The average Bonchev–Trinajstić information content (AvgIpc) is 3.32. The first-order chi connectivity index (χ1) is 13.6. The number of benzene rings is 2. The van der Waals surface area contributed by atoms with Gasteiger partial charge in [-0.2, -0.15) is 0 Å². The maximum Gasteiger partial charge on any atom is 0.143 e. The van der Waals surface area contributed by atoms with E-state index in [1.54, 1.807) is 7.11 Å². The number of likely N-dealkylation sites (tertiary alicyclic amines) is 1. The molecule has 4 nitrogen and oxygen atoms in total. The van der Waals surface area contributed by atoms with Gasteiger partial charge in [-0.15, -0.1) is 0 Å². The van der Waals surface area contributed by atoms with E-state index in [2.05, 4.69) is 46.3 Å². The summed E-state index contributed by atoms with van der Waals surface area (Å²) in [4.78, 5) is 6.77. The van der Waals surface area contributed by atoms with Gasteiger partial charge >= 0.3 is 0 Å². The average molecular weight is 394 g/mol. The Balaban J connectivity index is 1.47. The summed E-state index contributed by atoms with van der Waals surface area (Å²) in [7, 11) is 1.71. The molecule has 2 heterocycles. The van der Waals surface area contributed by atoms with Crippen LogP contribution in [0.15, 0.2) is 60.6 Å². The number of imidazole rings is 1. The van der Waals surface area contributed by atoms with E-state index in [0.29, 0.717) is 0 Å². The van der Waals surface area contributed by atoms with Gasteiger partial charge in [0.25, 0.3) is 0 Å². The lowest BCUT2D eigenvalue weighted by molar-refractivity contribution is 0.337. The first-order valence-corrected chi connectivity index (χ1v) is 9.84. The standard InChI is InChI=1S/C23H24ClN3O/c1-17-13-27(16-25-17)22-8-5-19(12-23(22)28-2)11-20-9-10-26(15-20)14-18-3-6-21(24)7-4-18/h3-8,11-13,16H,9-10,14-15H2,1-2H3/b20-11-. The smallest absolute Gasteiger partial charge is 0.143 e. The molecule has 1 fully saturated rings. The fourth-order valence-electron chi connectivity index (χ4n) is 3.63. The van der Waals surface area contributed by atoms with E-state index in [1.165, 1.54) is 16.7 Å². The molecule has 2 aromatic carbocycles. The van der Waals surface area contributed by atoms with Gasteiger partial charge in [0.1, 0.15) is 5.75 Å². The van der Waals surface area contributed by atoms with Crippen LogP contribution in [0, 0.1) is 6.92 Å². The van der Waals surface area contributed by atoms with E-state index in [-0.39, 0.29) is 0 Å². The van der Waals surface area contributed by atoms with Gasteiger partial charge in [0, 0.05) is 30.9 Å². The highest BCUT2D eigenvalue weighted by Crippen LogP contribution is 2.27. The number of halogens is 1. The van der Waals surface area contributed by atoms with Crippen LogP contribution in [-0.2, 0) is 6.54 Å². The minimum absolute atomic E-state index is 0.786. The van der Waals surface area contributed by atoms with E-state index >= 15 is 0 Å². The van der Waals surface area contributed by atoms with Crippen LogP contribution in [0.25, 0.3) is 11.8 Å². The highest BCUT2D eigenvalue weighted by Gasteiger charge is 2.17. The Morgan fingerprint density at radius 3 is 2.71 bits per heavy atom. The molecule has 1 aliphatic heterocycles. The number of nitrogens with zero attached hydrogens (tertiary/aromatic N) is 3. The zero-order chi connectivity index (χ0) is 19.5. The lowest BCUT2D eigenvalue weighted by Gasteiger charge is -2.14. The molecule has 0 saturated carbocycles. The number of methoxy groups -OCH3 is 1. The third kappa shape index (κ3) is 4.29. The van der Waals surface area contributed by atoms with E-state index < -0.39 is 0 Å². The molecule has 144 valence electrons. The van der Waals surface area contributed by atoms with Gasteiger partial charge in [0.05, 0.1) is 24.8 Å². The fraction of sp³-hybridized carbons (Fsp3) is 0.261. The van der Waals surface area contributed by atoms with Crippen LogP contribution in [0.2, 0.25) is 5.02 Å². The SMILES string of the molecule is COc1cc(/C=C2/CCN(Cc3ccc(Cl)cc3)C2)ccc1-n1cnc(C)c1. The van der Waals surface area contributed by atoms with Gasteiger partial charge in [-0.05, 0) is 48.7 Å². The second kappa shape index (κ2) is 8.21. The molecule has 0 amide bonds. The Labute approximate surface area is 171 Å². The first kappa shape index (κ1) is 18.8. The van der Waals surface area contributed by atoms with E-state index in [4.69, 9.17) is 16.3 Å². The summed E-state index contributed by atoms with van der Waals surface area (Å²) in [6.07, 6.45) is 7.20. The number of hydrogen-bond donors (Lipinski definition) is 0. The Morgan fingerprint density at radius 1 is 1.18 bits per heavy atom. The van der Waals surface area contributed by atoms with Crippen molar-refractivity contribution in [3.05, 3.63) is 82.4 Å². The molecule has 28 heavy (non-hydrogen) atoms. The monoisotopic (exact) mass is 393 g/mol. The molecule has 0 spiro atoms. The van der Waals surface area contributed by atoms with Crippen LogP contribution < -0.4 is 4.74 Å². The van der Waals surface area contributed by atoms with Crippen molar-refractivity contribution in [2.75, 3.05) is 20.2 Å². The van der Waals surface area contributed by atoms with E-state index in [0.717, 1.165) is 48.2 Å². The Morgan fingerprint density at radius 2 is 2.00 bits per heavy atom. The zero-order valence-electron chi connectivity index (χ0n) is 16.2. The van der Waals surface area contributed by atoms with Crippen molar-refractivity contribution in [3.8, 4) is 11.4 Å². The van der Waals surface area contributed by atoms with Crippen molar-refractivity contribution < 1.29 is 4.74 Å². The molecule has 1 saturated heterocycles. The summed E-state index contributed by atoms with van der Waals surface area (Å²) in [5, 5.41) is 0.786. The number of hydrogen-bond acceptors (Lipinski definition) is 3. The molecule has 1 aliphatic rings. The highest BCUT2D eigenvalue weighted by atomic mass is 35.5. The minimum Gasteiger partial charge on any atom is -0.495 e. The topological polar surface area (TPSA) is 30.3 Å². The van der Waals surface area contributed by atoms with Crippen LogP contribution in [0.1, 0.15) is 23.2 Å². The number of ether oxygens (including phenoxy) is 1. The molecule has 0 unspecified atom stereocenters. The molecule has 0 radical (unpaired) electrons. The van der Waals surface area contributed by atoms with Crippen LogP contribution in [0.5, 0.6) is 5.75 Å². The molecular weight excluding hydrogens is 370 g/mol. The maximum atomic E-state index is 5.98. The zero-order valence-corrected chi connectivity index (χ0v) is 17.0. The molecule has 0 N–H and O–H groups in total. The highest BCUT2D eigenvalue weighted by molar-refractivity contribution is 6.30. The van der Waals surface area contributed by atoms with Crippen LogP contribution in [0.3, 0.4) is 0 Å². The minimum atomic E-state index is 0.786. The van der Waals surface area contributed by atoms with Crippen molar-refractivity contribution in [1.82, 2.24) is 14.5 Å². The summed E-state index contributed by atoms with van der Waals surface area (Å²) in [5.74, 6) is 0.850. The molecule has 0 atom stereocenters. The van der Waals surface area contributed by atoms with Crippen LogP contribution >= 0.6 is 11.6 Å². The third-order valence-corrected chi connectivity index (χ3v) is 5.31. The molecule has 4 rings (SSSR count). The largest absolute Gasteiger partial charge is 0.495 e. The molecule has 0 aliphatic carbocycles. The van der Waals surface area contributed by atoms with Gasteiger partial charge in [-0.3, -0.25) is 4.90 Å². The second-order valence-corrected chi connectivity index (χ2v) is 7.68. The molecular formula is C23H24ClN3O. The van der Waals surface area contributed by atoms with Crippen molar-refractivity contribution in [2.45, 2.75) is 19.9 Å². The van der Waals surface area contributed by atoms with Crippen molar-refractivity contribution >= 4 is 17.7 Å².